The number of aliphatic hydroxyl groups is 1. The molecule has 0 amide bonds. The van der Waals surface area contributed by atoms with E-state index < -0.39 is 16.4 Å². The number of ether oxygens (including phenoxy) is 1. The highest BCUT2D eigenvalue weighted by molar-refractivity contribution is 7.85. The topological polar surface area (TPSA) is 46.5 Å². The maximum atomic E-state index is 12.4. The molecule has 2 rings (SSSR count). The Morgan fingerprint density at radius 1 is 1.19 bits per heavy atom. The van der Waals surface area contributed by atoms with Gasteiger partial charge in [-0.2, -0.15) is 0 Å². The maximum absolute atomic E-state index is 12.4. The molecule has 0 bridgehead atoms. The Hall–Kier alpha value is -1.65. The van der Waals surface area contributed by atoms with Crippen molar-refractivity contribution in [1.29, 1.82) is 0 Å². The second-order valence-corrected chi connectivity index (χ2v) is 6.76. The summed E-state index contributed by atoms with van der Waals surface area (Å²) >= 11 is 0. The van der Waals surface area contributed by atoms with E-state index in [4.69, 9.17) is 4.74 Å². The summed E-state index contributed by atoms with van der Waals surface area (Å²) in [5, 5.41) is 10.6. The van der Waals surface area contributed by atoms with Crippen LogP contribution < -0.4 is 4.74 Å². The van der Waals surface area contributed by atoms with Gasteiger partial charge < -0.3 is 9.84 Å². The van der Waals surface area contributed by atoms with E-state index in [0.29, 0.717) is 11.3 Å². The van der Waals surface area contributed by atoms with Gasteiger partial charge in [0.2, 0.25) is 0 Å². The first-order valence-corrected chi connectivity index (χ1v) is 8.06. The monoisotopic (exact) mass is 304 g/mol. The van der Waals surface area contributed by atoms with Gasteiger partial charge in [0, 0.05) is 4.90 Å². The zero-order valence-corrected chi connectivity index (χ0v) is 13.3. The smallest absolute Gasteiger partial charge is 0.119 e. The van der Waals surface area contributed by atoms with E-state index in [1.54, 1.807) is 20.1 Å². The molecule has 4 heteroatoms. The fourth-order valence-corrected chi connectivity index (χ4v) is 3.35. The van der Waals surface area contributed by atoms with E-state index in [0.717, 1.165) is 10.5 Å². The molecule has 1 unspecified atom stereocenters. The van der Waals surface area contributed by atoms with E-state index in [9.17, 15) is 9.32 Å². The van der Waals surface area contributed by atoms with Crippen molar-refractivity contribution in [2.24, 2.45) is 0 Å². The second-order valence-electron chi connectivity index (χ2n) is 5.31. The van der Waals surface area contributed by atoms with Crippen molar-refractivity contribution in [3.05, 3.63) is 59.7 Å². The van der Waals surface area contributed by atoms with Gasteiger partial charge in [0.25, 0.3) is 0 Å². The molecule has 0 aliphatic heterocycles. The highest BCUT2D eigenvalue weighted by Gasteiger charge is 2.27. The van der Waals surface area contributed by atoms with Gasteiger partial charge >= 0.3 is 0 Å². The Balaban J connectivity index is 2.19. The minimum atomic E-state index is -1.26. The third-order valence-corrected chi connectivity index (χ3v) is 5.01. The Kier molecular flexibility index (Phi) is 4.80. The number of rotatable bonds is 5. The normalized spacial score (nSPS) is 15.2. The second kappa shape index (κ2) is 6.41. The van der Waals surface area contributed by atoms with Crippen LogP contribution in [0.4, 0.5) is 0 Å². The van der Waals surface area contributed by atoms with E-state index >= 15 is 0 Å². The van der Waals surface area contributed by atoms with Gasteiger partial charge in [0.05, 0.1) is 29.3 Å². The number of benzene rings is 2. The predicted octanol–water partition coefficient (Wildman–Crippen LogP) is 3.02. The average molecular weight is 304 g/mol. The maximum Gasteiger partial charge on any atom is 0.119 e. The zero-order valence-electron chi connectivity index (χ0n) is 12.5. The first-order chi connectivity index (χ1) is 9.92. The molecule has 0 spiro atoms. The highest BCUT2D eigenvalue weighted by atomic mass is 32.2. The molecule has 112 valence electrons. The van der Waals surface area contributed by atoms with Gasteiger partial charge in [-0.05, 0) is 43.7 Å². The lowest BCUT2D eigenvalue weighted by Gasteiger charge is -2.23. The van der Waals surface area contributed by atoms with Crippen LogP contribution in [0.1, 0.15) is 18.1 Å². The molecular weight excluding hydrogens is 284 g/mol. The summed E-state index contributed by atoms with van der Waals surface area (Å²) in [5.41, 5.74) is 0.641. The summed E-state index contributed by atoms with van der Waals surface area (Å²) in [6.07, 6.45) is 0. The molecule has 1 N–H and O–H groups in total. The van der Waals surface area contributed by atoms with E-state index in [1.165, 1.54) is 0 Å². The van der Waals surface area contributed by atoms with Crippen LogP contribution in [0.15, 0.2) is 53.4 Å². The Bertz CT molecular complexity index is 633. The van der Waals surface area contributed by atoms with Crippen LogP contribution in [-0.4, -0.2) is 22.2 Å². The van der Waals surface area contributed by atoms with Crippen LogP contribution in [0.3, 0.4) is 0 Å². The standard InChI is InChI=1S/C17H20O3S/c1-13-7-9-16(10-8-13)21(19)12-17(2,18)14-5-4-6-15(11-14)20-3/h4-11,18H,12H2,1-3H3/t17-,21?/m1/s1. The van der Waals surface area contributed by atoms with Gasteiger partial charge in [0.15, 0.2) is 0 Å². The summed E-state index contributed by atoms with van der Waals surface area (Å²) in [7, 11) is 0.321. The fraction of sp³-hybridized carbons (Fsp3) is 0.294. The van der Waals surface area contributed by atoms with Crippen LogP contribution in [0.5, 0.6) is 5.75 Å². The van der Waals surface area contributed by atoms with Crippen molar-refractivity contribution in [2.75, 3.05) is 12.9 Å². The average Bonchev–Trinajstić information content (AvgIpc) is 2.47. The third-order valence-electron chi connectivity index (χ3n) is 3.39. The molecule has 0 radical (unpaired) electrons. The van der Waals surface area contributed by atoms with Crippen molar-refractivity contribution >= 4 is 10.8 Å². The van der Waals surface area contributed by atoms with Gasteiger partial charge in [-0.15, -0.1) is 0 Å². The van der Waals surface area contributed by atoms with Crippen molar-refractivity contribution in [3.63, 3.8) is 0 Å². The zero-order chi connectivity index (χ0) is 15.5. The quantitative estimate of drug-likeness (QED) is 0.923. The van der Waals surface area contributed by atoms with Gasteiger partial charge in [-0.3, -0.25) is 4.21 Å². The van der Waals surface area contributed by atoms with Crippen molar-refractivity contribution in [1.82, 2.24) is 0 Å². The minimum Gasteiger partial charge on any atom is -0.497 e. The Labute approximate surface area is 128 Å². The number of methoxy groups -OCH3 is 1. The number of hydrogen-bond donors (Lipinski definition) is 1. The van der Waals surface area contributed by atoms with Crippen LogP contribution in [0.2, 0.25) is 0 Å². The highest BCUT2D eigenvalue weighted by Crippen LogP contribution is 2.26. The SMILES string of the molecule is COc1cccc([C@](C)(O)CS(=O)c2ccc(C)cc2)c1. The summed E-state index contributed by atoms with van der Waals surface area (Å²) in [4.78, 5) is 0.726. The van der Waals surface area contributed by atoms with Crippen molar-refractivity contribution in [3.8, 4) is 5.75 Å². The Morgan fingerprint density at radius 3 is 2.48 bits per heavy atom. The molecule has 3 nitrogen and oxygen atoms in total. The van der Waals surface area contributed by atoms with Gasteiger partial charge in [0.1, 0.15) is 5.75 Å². The van der Waals surface area contributed by atoms with Crippen LogP contribution in [0.25, 0.3) is 0 Å². The Morgan fingerprint density at radius 2 is 1.86 bits per heavy atom. The molecule has 0 saturated carbocycles. The largest absolute Gasteiger partial charge is 0.497 e. The van der Waals surface area contributed by atoms with Crippen LogP contribution in [-0.2, 0) is 16.4 Å². The number of aryl methyl sites for hydroxylation is 1. The van der Waals surface area contributed by atoms with Gasteiger partial charge in [-0.25, -0.2) is 0 Å². The first kappa shape index (κ1) is 15.7. The van der Waals surface area contributed by atoms with E-state index in [-0.39, 0.29) is 5.75 Å². The van der Waals surface area contributed by atoms with Gasteiger partial charge in [-0.1, -0.05) is 29.8 Å². The summed E-state index contributed by atoms with van der Waals surface area (Å²) in [6, 6.07) is 14.7. The molecule has 2 aromatic rings. The van der Waals surface area contributed by atoms with Crippen LogP contribution >= 0.6 is 0 Å². The fourth-order valence-electron chi connectivity index (χ4n) is 2.07. The number of hydrogen-bond acceptors (Lipinski definition) is 3. The molecule has 21 heavy (non-hydrogen) atoms. The summed E-state index contributed by atoms with van der Waals surface area (Å²) < 4.78 is 17.6. The van der Waals surface area contributed by atoms with E-state index in [1.807, 2.05) is 49.4 Å². The summed E-state index contributed by atoms with van der Waals surface area (Å²) in [5.74, 6) is 0.817. The first-order valence-electron chi connectivity index (χ1n) is 6.74. The lowest BCUT2D eigenvalue weighted by Crippen LogP contribution is -2.28. The molecule has 2 aromatic carbocycles. The molecule has 0 heterocycles. The third kappa shape index (κ3) is 3.93. The molecule has 0 saturated heterocycles. The molecule has 0 fully saturated rings. The lowest BCUT2D eigenvalue weighted by atomic mass is 9.98. The molecule has 0 aromatic heterocycles. The minimum absolute atomic E-state index is 0.142. The predicted molar refractivity (Wildman–Crippen MR) is 85.0 cm³/mol. The molecule has 0 aliphatic rings. The summed E-state index contributed by atoms with van der Waals surface area (Å²) in [6.45, 7) is 3.66. The molecule has 2 atom stereocenters. The molecule has 0 aliphatic carbocycles. The lowest BCUT2D eigenvalue weighted by molar-refractivity contribution is 0.0827. The van der Waals surface area contributed by atoms with E-state index in [2.05, 4.69) is 0 Å². The van der Waals surface area contributed by atoms with Crippen molar-refractivity contribution in [2.45, 2.75) is 24.3 Å². The molecular formula is C17H20O3S. The van der Waals surface area contributed by atoms with Crippen LogP contribution in [0, 0.1) is 6.92 Å². The van der Waals surface area contributed by atoms with Crippen molar-refractivity contribution < 1.29 is 14.1 Å².